The molecule has 0 aromatic carbocycles. The van der Waals surface area contributed by atoms with Gasteiger partial charge in [-0.1, -0.05) is 34.6 Å². The summed E-state index contributed by atoms with van der Waals surface area (Å²) in [6.07, 6.45) is 3.21. The van der Waals surface area contributed by atoms with Crippen LogP contribution >= 0.6 is 0 Å². The van der Waals surface area contributed by atoms with E-state index in [4.69, 9.17) is 0 Å². The van der Waals surface area contributed by atoms with E-state index in [1.807, 2.05) is 0 Å². The van der Waals surface area contributed by atoms with Gasteiger partial charge in [-0.25, -0.2) is 0 Å². The molecule has 1 atom stereocenters. The average Bonchev–Trinajstić information content (AvgIpc) is 2.51. The first-order valence-electron chi connectivity index (χ1n) is 5.80. The first-order valence-corrected chi connectivity index (χ1v) is 5.80. The number of rotatable bonds is 0. The molecule has 1 unspecified atom stereocenters. The van der Waals surface area contributed by atoms with Crippen LogP contribution in [0.1, 0.15) is 58.8 Å². The van der Waals surface area contributed by atoms with Gasteiger partial charge in [0.15, 0.2) is 0 Å². The van der Waals surface area contributed by atoms with Gasteiger partial charge in [-0.05, 0) is 29.7 Å². The molecule has 0 spiro atoms. The minimum absolute atomic E-state index is 0.216. The highest BCUT2D eigenvalue weighted by atomic mass is 15.3. The van der Waals surface area contributed by atoms with E-state index in [0.717, 1.165) is 6.42 Å². The third-order valence-corrected chi connectivity index (χ3v) is 3.83. The molecule has 0 radical (unpaired) electrons. The lowest BCUT2D eigenvalue weighted by atomic mass is 9.81. The van der Waals surface area contributed by atoms with Crippen molar-refractivity contribution in [1.29, 1.82) is 0 Å². The van der Waals surface area contributed by atoms with Crippen molar-refractivity contribution < 1.29 is 0 Å². The van der Waals surface area contributed by atoms with E-state index in [9.17, 15) is 0 Å². The van der Waals surface area contributed by atoms with Crippen LogP contribution in [0.15, 0.2) is 6.20 Å². The van der Waals surface area contributed by atoms with Crippen molar-refractivity contribution in [2.45, 2.75) is 59.4 Å². The van der Waals surface area contributed by atoms with Gasteiger partial charge in [0.05, 0.1) is 12.2 Å². The van der Waals surface area contributed by atoms with Gasteiger partial charge in [0, 0.05) is 5.69 Å². The summed E-state index contributed by atoms with van der Waals surface area (Å²) in [5.41, 5.74) is 3.43. The van der Waals surface area contributed by atoms with Crippen LogP contribution in [-0.2, 0) is 11.8 Å². The van der Waals surface area contributed by atoms with Gasteiger partial charge >= 0.3 is 0 Å². The summed E-state index contributed by atoms with van der Waals surface area (Å²) in [7, 11) is 0. The molecule has 0 aliphatic carbocycles. The molecular formula is C13H22N2. The first kappa shape index (κ1) is 10.7. The van der Waals surface area contributed by atoms with E-state index in [-0.39, 0.29) is 5.41 Å². The van der Waals surface area contributed by atoms with Crippen LogP contribution in [-0.4, -0.2) is 9.78 Å². The van der Waals surface area contributed by atoms with Crippen molar-refractivity contribution in [3.8, 4) is 0 Å². The van der Waals surface area contributed by atoms with E-state index < -0.39 is 0 Å². The second kappa shape index (κ2) is 2.87. The largest absolute Gasteiger partial charge is 0.266 e. The molecular weight excluding hydrogens is 184 g/mol. The Morgan fingerprint density at radius 2 is 2.00 bits per heavy atom. The maximum atomic E-state index is 4.56. The van der Waals surface area contributed by atoms with Gasteiger partial charge < -0.3 is 0 Å². The Hall–Kier alpha value is -0.790. The van der Waals surface area contributed by atoms with E-state index in [1.54, 1.807) is 0 Å². The maximum Gasteiger partial charge on any atom is 0.0549 e. The number of hydrogen-bond donors (Lipinski definition) is 0. The predicted octanol–water partition coefficient (Wildman–Crippen LogP) is 3.32. The van der Waals surface area contributed by atoms with Crippen LogP contribution in [0.2, 0.25) is 0 Å². The van der Waals surface area contributed by atoms with E-state index in [1.165, 1.54) is 11.3 Å². The van der Waals surface area contributed by atoms with Crippen molar-refractivity contribution in [3.63, 3.8) is 0 Å². The molecule has 2 nitrogen and oxygen atoms in total. The molecule has 1 aromatic rings. The summed E-state index contributed by atoms with van der Waals surface area (Å²) in [5.74, 6) is 0. The Labute approximate surface area is 92.7 Å². The summed E-state index contributed by atoms with van der Waals surface area (Å²) in [6.45, 7) is 13.7. The molecule has 1 aromatic heterocycles. The molecule has 0 N–H and O–H groups in total. The molecule has 0 fully saturated rings. The minimum Gasteiger partial charge on any atom is -0.266 e. The maximum absolute atomic E-state index is 4.56. The van der Waals surface area contributed by atoms with Crippen molar-refractivity contribution in [2.75, 3.05) is 0 Å². The van der Waals surface area contributed by atoms with E-state index in [0.29, 0.717) is 11.5 Å². The second-order valence-electron chi connectivity index (χ2n) is 6.54. The normalized spacial score (nSPS) is 24.3. The fourth-order valence-corrected chi connectivity index (χ4v) is 2.43. The van der Waals surface area contributed by atoms with Crippen LogP contribution in [0.5, 0.6) is 0 Å². The zero-order chi connectivity index (χ0) is 11.4. The quantitative estimate of drug-likeness (QED) is 0.636. The molecule has 0 saturated heterocycles. The van der Waals surface area contributed by atoms with E-state index >= 15 is 0 Å². The monoisotopic (exact) mass is 206 g/mol. The minimum atomic E-state index is 0.216. The van der Waals surface area contributed by atoms with Gasteiger partial charge in [0.1, 0.15) is 0 Å². The van der Waals surface area contributed by atoms with Gasteiger partial charge in [0.2, 0.25) is 0 Å². The number of aromatic nitrogens is 2. The summed E-state index contributed by atoms with van der Waals surface area (Å²) in [6, 6.07) is 0.517. The molecule has 2 rings (SSSR count). The number of fused-ring (bicyclic) bond motifs is 1. The molecule has 0 bridgehead atoms. The standard InChI is InChI=1S/C13H22N2/c1-9-13(5,6)7-11-10(12(2,3)4)8-14-15(9)11/h8-9H,7H2,1-6H3. The zero-order valence-corrected chi connectivity index (χ0v) is 10.8. The first-order chi connectivity index (χ1) is 6.73. The Morgan fingerprint density at radius 3 is 2.53 bits per heavy atom. The average molecular weight is 206 g/mol. The van der Waals surface area contributed by atoms with Gasteiger partial charge in [0.25, 0.3) is 0 Å². The van der Waals surface area contributed by atoms with Gasteiger partial charge in [-0.15, -0.1) is 0 Å². The molecule has 1 aliphatic heterocycles. The molecule has 2 heterocycles. The molecule has 0 amide bonds. The molecule has 84 valence electrons. The lowest BCUT2D eigenvalue weighted by molar-refractivity contribution is 0.268. The highest BCUT2D eigenvalue weighted by Gasteiger charge is 2.39. The summed E-state index contributed by atoms with van der Waals surface area (Å²) in [4.78, 5) is 0. The Morgan fingerprint density at radius 1 is 1.40 bits per heavy atom. The smallest absolute Gasteiger partial charge is 0.0549 e. The van der Waals surface area contributed by atoms with Crippen LogP contribution in [0.25, 0.3) is 0 Å². The molecule has 1 aliphatic rings. The summed E-state index contributed by atoms with van der Waals surface area (Å²) >= 11 is 0. The number of hydrogen-bond acceptors (Lipinski definition) is 1. The Bertz CT molecular complexity index is 380. The fourth-order valence-electron chi connectivity index (χ4n) is 2.43. The second-order valence-corrected chi connectivity index (χ2v) is 6.54. The molecule has 0 saturated carbocycles. The van der Waals surface area contributed by atoms with Crippen molar-refractivity contribution in [1.82, 2.24) is 9.78 Å². The lowest BCUT2D eigenvalue weighted by Gasteiger charge is -2.23. The highest BCUT2D eigenvalue weighted by molar-refractivity contribution is 5.30. The van der Waals surface area contributed by atoms with Gasteiger partial charge in [-0.3, -0.25) is 4.68 Å². The van der Waals surface area contributed by atoms with Crippen molar-refractivity contribution in [2.24, 2.45) is 5.41 Å². The van der Waals surface area contributed by atoms with E-state index in [2.05, 4.69) is 57.5 Å². The lowest BCUT2D eigenvalue weighted by Crippen LogP contribution is -2.19. The van der Waals surface area contributed by atoms with Crippen LogP contribution in [0.4, 0.5) is 0 Å². The predicted molar refractivity (Wildman–Crippen MR) is 63.1 cm³/mol. The van der Waals surface area contributed by atoms with Crippen molar-refractivity contribution in [3.05, 3.63) is 17.5 Å². The molecule has 2 heteroatoms. The molecule has 15 heavy (non-hydrogen) atoms. The topological polar surface area (TPSA) is 17.8 Å². The van der Waals surface area contributed by atoms with Crippen molar-refractivity contribution >= 4 is 0 Å². The third kappa shape index (κ3) is 1.51. The fraction of sp³-hybridized carbons (Fsp3) is 0.769. The van der Waals surface area contributed by atoms with Crippen LogP contribution in [0.3, 0.4) is 0 Å². The highest BCUT2D eigenvalue weighted by Crippen LogP contribution is 2.44. The summed E-state index contributed by atoms with van der Waals surface area (Å²) in [5, 5.41) is 4.56. The number of nitrogens with zero attached hydrogens (tertiary/aromatic N) is 2. The van der Waals surface area contributed by atoms with Crippen LogP contribution in [0, 0.1) is 5.41 Å². The Kier molecular flexibility index (Phi) is 2.05. The van der Waals surface area contributed by atoms with Crippen LogP contribution < -0.4 is 0 Å². The Balaban J connectivity index is 2.49. The summed E-state index contributed by atoms with van der Waals surface area (Å²) < 4.78 is 2.22. The zero-order valence-electron chi connectivity index (χ0n) is 10.8. The third-order valence-electron chi connectivity index (χ3n) is 3.83. The van der Waals surface area contributed by atoms with Gasteiger partial charge in [-0.2, -0.15) is 5.10 Å². The SMILES string of the molecule is CC1n2ncc(C(C)(C)C)c2CC1(C)C.